The summed E-state index contributed by atoms with van der Waals surface area (Å²) >= 11 is 1.93. The summed E-state index contributed by atoms with van der Waals surface area (Å²) in [5.74, 6) is 0.558. The fourth-order valence-electron chi connectivity index (χ4n) is 0.711. The minimum absolute atomic E-state index is 0.121. The summed E-state index contributed by atoms with van der Waals surface area (Å²) in [6.45, 7) is 1.82. The highest BCUT2D eigenvalue weighted by Crippen LogP contribution is 2.07. The number of hydrogen-bond acceptors (Lipinski definition) is 3. The van der Waals surface area contributed by atoms with Gasteiger partial charge >= 0.3 is 0 Å². The Kier molecular flexibility index (Phi) is 3.21. The van der Waals surface area contributed by atoms with Crippen LogP contribution in [0.3, 0.4) is 0 Å². The van der Waals surface area contributed by atoms with Crippen molar-refractivity contribution in [2.75, 3.05) is 7.11 Å². The van der Waals surface area contributed by atoms with Crippen LogP contribution in [0.25, 0.3) is 0 Å². The van der Waals surface area contributed by atoms with Gasteiger partial charge < -0.3 is 9.72 Å². The summed E-state index contributed by atoms with van der Waals surface area (Å²) in [5, 5.41) is 0. The number of hydrogen-bond donors (Lipinski definition) is 1. The average molecular weight is 280 g/mol. The highest BCUT2D eigenvalue weighted by molar-refractivity contribution is 14.1. The molecule has 0 spiro atoms. The molecule has 12 heavy (non-hydrogen) atoms. The Labute approximate surface area is 83.5 Å². The molecule has 0 aromatic carbocycles. The average Bonchev–Trinajstić information content (AvgIpc) is 2.08. The standard InChI is InChI=1S/C7H9IN2O2/c1-4(12-2)6-9-3-5(8)7(11)10-6/h3-4H,1-2H3,(H,9,10,11). The van der Waals surface area contributed by atoms with Gasteiger partial charge in [0.2, 0.25) is 0 Å². The van der Waals surface area contributed by atoms with Gasteiger partial charge in [-0.15, -0.1) is 0 Å². The van der Waals surface area contributed by atoms with E-state index in [2.05, 4.69) is 9.97 Å². The molecule has 0 saturated carbocycles. The van der Waals surface area contributed by atoms with Gasteiger partial charge in [-0.1, -0.05) is 0 Å². The van der Waals surface area contributed by atoms with E-state index >= 15 is 0 Å². The molecule has 4 nitrogen and oxygen atoms in total. The maximum Gasteiger partial charge on any atom is 0.264 e. The second-order valence-electron chi connectivity index (χ2n) is 2.32. The van der Waals surface area contributed by atoms with Gasteiger partial charge in [-0.25, -0.2) is 4.98 Å². The number of rotatable bonds is 2. The first-order valence-electron chi connectivity index (χ1n) is 3.42. The van der Waals surface area contributed by atoms with Crippen LogP contribution in [-0.2, 0) is 4.74 Å². The van der Waals surface area contributed by atoms with Crippen molar-refractivity contribution in [3.8, 4) is 0 Å². The zero-order chi connectivity index (χ0) is 9.14. The van der Waals surface area contributed by atoms with E-state index in [-0.39, 0.29) is 11.7 Å². The molecule has 1 atom stereocenters. The van der Waals surface area contributed by atoms with Gasteiger partial charge in [-0.05, 0) is 29.5 Å². The number of halogens is 1. The van der Waals surface area contributed by atoms with Crippen molar-refractivity contribution in [3.63, 3.8) is 0 Å². The number of nitrogens with zero attached hydrogens (tertiary/aromatic N) is 1. The quantitative estimate of drug-likeness (QED) is 0.825. The molecule has 1 rings (SSSR count). The minimum Gasteiger partial charge on any atom is -0.374 e. The Bertz CT molecular complexity index is 323. The predicted molar refractivity (Wildman–Crippen MR) is 53.0 cm³/mol. The Morgan fingerprint density at radius 1 is 1.75 bits per heavy atom. The molecule has 0 aliphatic heterocycles. The second kappa shape index (κ2) is 3.99. The Hall–Kier alpha value is -0.430. The molecule has 0 saturated heterocycles. The second-order valence-corrected chi connectivity index (χ2v) is 3.49. The Morgan fingerprint density at radius 2 is 2.42 bits per heavy atom. The van der Waals surface area contributed by atoms with Crippen LogP contribution in [0.2, 0.25) is 0 Å². The van der Waals surface area contributed by atoms with Crippen molar-refractivity contribution in [3.05, 3.63) is 25.9 Å². The van der Waals surface area contributed by atoms with Gasteiger partial charge in [0, 0.05) is 13.3 Å². The highest BCUT2D eigenvalue weighted by atomic mass is 127. The van der Waals surface area contributed by atoms with E-state index < -0.39 is 0 Å². The van der Waals surface area contributed by atoms with Gasteiger partial charge in [0.05, 0.1) is 3.57 Å². The van der Waals surface area contributed by atoms with Gasteiger partial charge in [-0.2, -0.15) is 0 Å². The minimum atomic E-state index is -0.172. The summed E-state index contributed by atoms with van der Waals surface area (Å²) in [4.78, 5) is 17.8. The molecule has 66 valence electrons. The molecule has 1 unspecified atom stereocenters. The smallest absolute Gasteiger partial charge is 0.264 e. The number of aromatic amines is 1. The van der Waals surface area contributed by atoms with Crippen LogP contribution in [-0.4, -0.2) is 17.1 Å². The fraction of sp³-hybridized carbons (Fsp3) is 0.429. The van der Waals surface area contributed by atoms with E-state index in [4.69, 9.17) is 4.74 Å². The first kappa shape index (κ1) is 9.66. The van der Waals surface area contributed by atoms with Crippen LogP contribution in [0.4, 0.5) is 0 Å². The zero-order valence-electron chi connectivity index (χ0n) is 6.80. The van der Waals surface area contributed by atoms with E-state index in [1.54, 1.807) is 7.11 Å². The molecule has 1 heterocycles. The summed E-state index contributed by atoms with van der Waals surface area (Å²) in [5.41, 5.74) is -0.121. The molecule has 1 N–H and O–H groups in total. The number of H-pyrrole nitrogens is 1. The number of aromatic nitrogens is 2. The van der Waals surface area contributed by atoms with Crippen molar-refractivity contribution >= 4 is 22.6 Å². The summed E-state index contributed by atoms with van der Waals surface area (Å²) < 4.78 is 5.58. The van der Waals surface area contributed by atoms with E-state index in [1.165, 1.54) is 6.20 Å². The van der Waals surface area contributed by atoms with Gasteiger partial charge in [0.25, 0.3) is 5.56 Å². The van der Waals surface area contributed by atoms with Crippen molar-refractivity contribution in [1.29, 1.82) is 0 Å². The Morgan fingerprint density at radius 3 is 2.92 bits per heavy atom. The van der Waals surface area contributed by atoms with Crippen LogP contribution >= 0.6 is 22.6 Å². The van der Waals surface area contributed by atoms with Crippen molar-refractivity contribution < 1.29 is 4.74 Å². The first-order chi connectivity index (χ1) is 5.65. The van der Waals surface area contributed by atoms with Crippen LogP contribution in [0.15, 0.2) is 11.0 Å². The zero-order valence-corrected chi connectivity index (χ0v) is 8.95. The molecule has 0 aliphatic carbocycles. The molecular weight excluding hydrogens is 271 g/mol. The van der Waals surface area contributed by atoms with Crippen LogP contribution in [0.1, 0.15) is 18.9 Å². The maximum atomic E-state index is 11.1. The van der Waals surface area contributed by atoms with Crippen molar-refractivity contribution in [1.82, 2.24) is 9.97 Å². The third kappa shape index (κ3) is 2.04. The molecule has 0 aliphatic rings. The predicted octanol–water partition coefficient (Wildman–Crippen LogP) is 1.08. The molecular formula is C7H9IN2O2. The Balaban J connectivity index is 3.05. The lowest BCUT2D eigenvalue weighted by Crippen LogP contribution is -2.15. The monoisotopic (exact) mass is 280 g/mol. The first-order valence-corrected chi connectivity index (χ1v) is 4.50. The largest absolute Gasteiger partial charge is 0.374 e. The summed E-state index contributed by atoms with van der Waals surface area (Å²) in [6.07, 6.45) is 1.36. The van der Waals surface area contributed by atoms with E-state index in [0.29, 0.717) is 9.39 Å². The van der Waals surface area contributed by atoms with E-state index in [1.807, 2.05) is 29.5 Å². The lowest BCUT2D eigenvalue weighted by Gasteiger charge is -2.07. The summed E-state index contributed by atoms with van der Waals surface area (Å²) in [6, 6.07) is 0. The summed E-state index contributed by atoms with van der Waals surface area (Å²) in [7, 11) is 1.57. The van der Waals surface area contributed by atoms with Crippen molar-refractivity contribution in [2.24, 2.45) is 0 Å². The van der Waals surface area contributed by atoms with Crippen LogP contribution in [0.5, 0.6) is 0 Å². The van der Waals surface area contributed by atoms with Crippen LogP contribution in [0, 0.1) is 3.57 Å². The van der Waals surface area contributed by atoms with Gasteiger partial charge in [-0.3, -0.25) is 4.79 Å². The molecule has 5 heteroatoms. The van der Waals surface area contributed by atoms with E-state index in [9.17, 15) is 4.79 Å². The van der Waals surface area contributed by atoms with Crippen LogP contribution < -0.4 is 5.56 Å². The normalized spacial score (nSPS) is 12.9. The van der Waals surface area contributed by atoms with Gasteiger partial charge in [0.15, 0.2) is 0 Å². The molecule has 0 fully saturated rings. The van der Waals surface area contributed by atoms with E-state index in [0.717, 1.165) is 0 Å². The van der Waals surface area contributed by atoms with Crippen molar-refractivity contribution in [2.45, 2.75) is 13.0 Å². The van der Waals surface area contributed by atoms with Gasteiger partial charge in [0.1, 0.15) is 11.9 Å². The fourth-order valence-corrected chi connectivity index (χ4v) is 0.985. The molecule has 1 aromatic heterocycles. The molecule has 0 bridgehead atoms. The number of methoxy groups -OCH3 is 1. The molecule has 0 radical (unpaired) electrons. The molecule has 1 aromatic rings. The lowest BCUT2D eigenvalue weighted by molar-refractivity contribution is 0.111. The SMILES string of the molecule is COC(C)c1ncc(I)c(=O)[nH]1. The molecule has 0 amide bonds. The topological polar surface area (TPSA) is 55.0 Å². The third-order valence-electron chi connectivity index (χ3n) is 1.51. The highest BCUT2D eigenvalue weighted by Gasteiger charge is 2.06. The number of ether oxygens (including phenoxy) is 1. The number of nitrogens with one attached hydrogen (secondary N) is 1. The third-order valence-corrected chi connectivity index (χ3v) is 2.28. The lowest BCUT2D eigenvalue weighted by atomic mass is 10.4. The maximum absolute atomic E-state index is 11.1.